The van der Waals surface area contributed by atoms with Gasteiger partial charge in [-0.05, 0) is 63.4 Å². The highest BCUT2D eigenvalue weighted by Gasteiger charge is 2.35. The summed E-state index contributed by atoms with van der Waals surface area (Å²) in [5.74, 6) is 1.48. The van der Waals surface area contributed by atoms with E-state index in [-0.39, 0.29) is 17.6 Å². The molecule has 0 aliphatic carbocycles. The van der Waals surface area contributed by atoms with Gasteiger partial charge in [-0.3, -0.25) is 4.79 Å². The second-order valence-corrected chi connectivity index (χ2v) is 8.00. The van der Waals surface area contributed by atoms with Gasteiger partial charge in [0.2, 0.25) is 0 Å². The molecule has 0 aromatic heterocycles. The van der Waals surface area contributed by atoms with Gasteiger partial charge in [-0.15, -0.1) is 0 Å². The Hall–Kier alpha value is -2.49. The van der Waals surface area contributed by atoms with Crippen LogP contribution in [0, 0.1) is 13.8 Å². The third-order valence-electron chi connectivity index (χ3n) is 4.87. The Labute approximate surface area is 161 Å². The summed E-state index contributed by atoms with van der Waals surface area (Å²) in [6.45, 7) is 10.1. The second kappa shape index (κ2) is 7.63. The second-order valence-electron chi connectivity index (χ2n) is 8.00. The summed E-state index contributed by atoms with van der Waals surface area (Å²) in [4.78, 5) is 12.9. The van der Waals surface area contributed by atoms with Gasteiger partial charge in [0.25, 0.3) is 5.91 Å². The first-order valence-corrected chi connectivity index (χ1v) is 9.60. The molecule has 2 aromatic rings. The van der Waals surface area contributed by atoms with Crippen molar-refractivity contribution >= 4 is 5.91 Å². The van der Waals surface area contributed by atoms with Crippen molar-refractivity contribution in [3.8, 4) is 11.5 Å². The highest BCUT2D eigenvalue weighted by atomic mass is 16.5. The number of rotatable bonds is 5. The molecule has 0 unspecified atom stereocenters. The van der Waals surface area contributed by atoms with Crippen molar-refractivity contribution in [3.63, 3.8) is 0 Å². The van der Waals surface area contributed by atoms with Gasteiger partial charge >= 0.3 is 0 Å². The molecule has 144 valence electrons. The molecule has 0 bridgehead atoms. The molecule has 3 rings (SSSR count). The van der Waals surface area contributed by atoms with Crippen LogP contribution < -0.4 is 14.8 Å². The lowest BCUT2D eigenvalue weighted by molar-refractivity contribution is -0.129. The minimum absolute atomic E-state index is 0.0896. The number of amides is 1. The molecule has 1 aliphatic rings. The van der Waals surface area contributed by atoms with E-state index in [4.69, 9.17) is 9.47 Å². The van der Waals surface area contributed by atoms with Gasteiger partial charge in [0.15, 0.2) is 6.10 Å². The van der Waals surface area contributed by atoms with Gasteiger partial charge in [0, 0.05) is 12.0 Å². The van der Waals surface area contributed by atoms with Crippen LogP contribution in [0.15, 0.2) is 42.5 Å². The van der Waals surface area contributed by atoms with Gasteiger partial charge in [0.05, 0.1) is 6.04 Å². The predicted octanol–water partition coefficient (Wildman–Crippen LogP) is 4.88. The summed E-state index contributed by atoms with van der Waals surface area (Å²) in [6, 6.07) is 13.8. The van der Waals surface area contributed by atoms with E-state index in [0.29, 0.717) is 6.42 Å². The molecule has 1 heterocycles. The molecule has 0 saturated heterocycles. The summed E-state index contributed by atoms with van der Waals surface area (Å²) in [5.41, 5.74) is 2.94. The lowest BCUT2D eigenvalue weighted by atomic mass is 9.89. The first-order valence-electron chi connectivity index (χ1n) is 9.60. The van der Waals surface area contributed by atoms with Crippen LogP contribution in [0.5, 0.6) is 11.5 Å². The summed E-state index contributed by atoms with van der Waals surface area (Å²) >= 11 is 0. The smallest absolute Gasteiger partial charge is 0.261 e. The van der Waals surface area contributed by atoms with Crippen molar-refractivity contribution < 1.29 is 14.3 Å². The average Bonchev–Trinajstić information content (AvgIpc) is 2.58. The van der Waals surface area contributed by atoms with Crippen LogP contribution in [-0.2, 0) is 4.79 Å². The summed E-state index contributed by atoms with van der Waals surface area (Å²) in [6.07, 6.45) is 0.801. The Morgan fingerprint density at radius 2 is 1.96 bits per heavy atom. The Morgan fingerprint density at radius 1 is 1.22 bits per heavy atom. The highest BCUT2D eigenvalue weighted by molar-refractivity contribution is 5.81. The van der Waals surface area contributed by atoms with Crippen LogP contribution in [0.25, 0.3) is 0 Å². The third-order valence-corrected chi connectivity index (χ3v) is 4.87. The van der Waals surface area contributed by atoms with Crippen molar-refractivity contribution in [2.75, 3.05) is 0 Å². The predicted molar refractivity (Wildman–Crippen MR) is 107 cm³/mol. The van der Waals surface area contributed by atoms with Gasteiger partial charge in [-0.25, -0.2) is 0 Å². The van der Waals surface area contributed by atoms with Crippen molar-refractivity contribution in [1.82, 2.24) is 5.32 Å². The molecule has 2 aromatic carbocycles. The fraction of sp³-hybridized carbons (Fsp3) is 0.435. The number of hydrogen-bond acceptors (Lipinski definition) is 3. The van der Waals surface area contributed by atoms with E-state index in [0.717, 1.165) is 34.6 Å². The van der Waals surface area contributed by atoms with Crippen LogP contribution in [0.4, 0.5) is 0 Å². The maximum atomic E-state index is 12.9. The van der Waals surface area contributed by atoms with E-state index in [1.54, 1.807) is 0 Å². The molecule has 2 atom stereocenters. The van der Waals surface area contributed by atoms with Crippen LogP contribution in [-0.4, -0.2) is 17.6 Å². The summed E-state index contributed by atoms with van der Waals surface area (Å²) in [7, 11) is 0. The molecule has 0 fully saturated rings. The molecule has 1 amide bonds. The minimum Gasteiger partial charge on any atom is -0.487 e. The van der Waals surface area contributed by atoms with E-state index < -0.39 is 6.10 Å². The number of carbonyl (C=O) groups excluding carboxylic acids is 1. The summed E-state index contributed by atoms with van der Waals surface area (Å²) < 4.78 is 12.1. The Morgan fingerprint density at radius 3 is 2.67 bits per heavy atom. The minimum atomic E-state index is -0.522. The molecular weight excluding hydrogens is 338 g/mol. The molecule has 1 N–H and O–H groups in total. The first kappa shape index (κ1) is 19.3. The van der Waals surface area contributed by atoms with Gasteiger partial charge in [-0.2, -0.15) is 0 Å². The van der Waals surface area contributed by atoms with E-state index in [1.165, 1.54) is 0 Å². The van der Waals surface area contributed by atoms with Crippen LogP contribution >= 0.6 is 0 Å². The Balaban J connectivity index is 1.77. The number of ether oxygens (including phenoxy) is 2. The fourth-order valence-electron chi connectivity index (χ4n) is 3.53. The molecule has 0 saturated carbocycles. The van der Waals surface area contributed by atoms with Crippen LogP contribution in [0.2, 0.25) is 0 Å². The SMILES string of the molecule is CC[C@@H](Oc1cccc(C)c1)C(=O)N[C@H]1CC(C)(C)Oc2cc(C)ccc21. The molecular formula is C23H29NO3. The maximum Gasteiger partial charge on any atom is 0.261 e. The molecule has 4 nitrogen and oxygen atoms in total. The van der Waals surface area contributed by atoms with Crippen LogP contribution in [0.1, 0.15) is 56.3 Å². The lowest BCUT2D eigenvalue weighted by Crippen LogP contribution is -2.45. The summed E-state index contributed by atoms with van der Waals surface area (Å²) in [5, 5.41) is 3.19. The van der Waals surface area contributed by atoms with E-state index in [2.05, 4.69) is 25.2 Å². The van der Waals surface area contributed by atoms with E-state index in [9.17, 15) is 4.79 Å². The number of carbonyl (C=O) groups is 1. The molecule has 0 spiro atoms. The van der Waals surface area contributed by atoms with Gasteiger partial charge < -0.3 is 14.8 Å². The Bertz CT molecular complexity index is 828. The molecule has 0 radical (unpaired) electrons. The van der Waals surface area contributed by atoms with Crippen molar-refractivity contribution in [2.45, 2.75) is 65.2 Å². The monoisotopic (exact) mass is 367 g/mol. The fourth-order valence-corrected chi connectivity index (χ4v) is 3.53. The van der Waals surface area contributed by atoms with Crippen LogP contribution in [0.3, 0.4) is 0 Å². The normalized spacial score (nSPS) is 18.8. The molecule has 4 heteroatoms. The van der Waals surface area contributed by atoms with Crippen molar-refractivity contribution in [2.24, 2.45) is 0 Å². The topological polar surface area (TPSA) is 47.6 Å². The van der Waals surface area contributed by atoms with Gasteiger partial charge in [0.1, 0.15) is 17.1 Å². The third kappa shape index (κ3) is 4.62. The Kier molecular flexibility index (Phi) is 5.45. The van der Waals surface area contributed by atoms with E-state index >= 15 is 0 Å². The number of aryl methyl sites for hydroxylation is 2. The zero-order valence-electron chi connectivity index (χ0n) is 16.8. The highest BCUT2D eigenvalue weighted by Crippen LogP contribution is 2.40. The standard InChI is InChI=1S/C23H29NO3/c1-6-20(26-17-9-7-8-15(2)12-17)22(25)24-19-14-23(4,5)27-21-13-16(3)10-11-18(19)21/h7-13,19-20H,6,14H2,1-5H3,(H,24,25)/t19-,20+/m0/s1. The molecule has 1 aliphatic heterocycles. The molecule has 27 heavy (non-hydrogen) atoms. The van der Waals surface area contributed by atoms with Crippen molar-refractivity contribution in [1.29, 1.82) is 0 Å². The number of nitrogens with one attached hydrogen (secondary N) is 1. The van der Waals surface area contributed by atoms with E-state index in [1.807, 2.05) is 57.2 Å². The maximum absolute atomic E-state index is 12.9. The largest absolute Gasteiger partial charge is 0.487 e. The zero-order chi connectivity index (χ0) is 19.6. The average molecular weight is 367 g/mol. The first-order chi connectivity index (χ1) is 12.8. The quantitative estimate of drug-likeness (QED) is 0.819. The van der Waals surface area contributed by atoms with Gasteiger partial charge in [-0.1, -0.05) is 31.2 Å². The lowest BCUT2D eigenvalue weighted by Gasteiger charge is -2.38. The number of fused-ring (bicyclic) bond motifs is 1. The zero-order valence-corrected chi connectivity index (χ0v) is 16.8. The van der Waals surface area contributed by atoms with Crippen molar-refractivity contribution in [3.05, 3.63) is 59.2 Å². The number of benzene rings is 2. The number of hydrogen-bond donors (Lipinski definition) is 1.